The van der Waals surface area contributed by atoms with Crippen molar-refractivity contribution in [1.29, 1.82) is 0 Å². The van der Waals surface area contributed by atoms with Crippen molar-refractivity contribution in [2.75, 3.05) is 0 Å². The number of carbonyl (C=O) groups excluding carboxylic acids is 1. The molecule has 0 aliphatic heterocycles. The van der Waals surface area contributed by atoms with E-state index in [4.69, 9.17) is 9.90 Å². The molecule has 0 radical (unpaired) electrons. The van der Waals surface area contributed by atoms with E-state index in [2.05, 4.69) is 18.0 Å². The first-order valence-corrected chi connectivity index (χ1v) is 2.31. The van der Waals surface area contributed by atoms with Gasteiger partial charge in [0.05, 0.1) is 0 Å². The Morgan fingerprint density at radius 1 is 1.40 bits per heavy atom. The van der Waals surface area contributed by atoms with E-state index in [1.807, 2.05) is 0 Å². The van der Waals surface area contributed by atoms with E-state index in [1.54, 1.807) is 0 Å². The van der Waals surface area contributed by atoms with Gasteiger partial charge in [0, 0.05) is 5.57 Å². The number of aliphatic carboxylic acids is 1. The Hall–Kier alpha value is -1.52. The van der Waals surface area contributed by atoms with Crippen LogP contribution in [0.15, 0.2) is 12.2 Å². The number of carbonyl (C=O) groups is 2. The second-order valence-electron chi connectivity index (χ2n) is 1.49. The molecular formula is C5H10N2O3. The van der Waals surface area contributed by atoms with Gasteiger partial charge in [0.15, 0.2) is 0 Å². The lowest BCUT2D eigenvalue weighted by atomic mass is 10.4. The minimum absolute atomic E-state index is 0.176. The van der Waals surface area contributed by atoms with E-state index in [9.17, 15) is 4.79 Å². The largest absolute Gasteiger partial charge is 0.478 e. The molecule has 0 aromatic carbocycles. The molecule has 58 valence electrons. The molecule has 0 atom stereocenters. The third-order valence-electron chi connectivity index (χ3n) is 0.365. The number of amides is 2. The van der Waals surface area contributed by atoms with E-state index in [0.29, 0.717) is 0 Å². The maximum absolute atomic E-state index is 9.60. The van der Waals surface area contributed by atoms with Gasteiger partial charge in [-0.3, -0.25) is 0 Å². The van der Waals surface area contributed by atoms with Crippen molar-refractivity contribution in [3.05, 3.63) is 12.2 Å². The summed E-state index contributed by atoms with van der Waals surface area (Å²) in [6.07, 6.45) is 0. The number of carboxylic acids is 1. The summed E-state index contributed by atoms with van der Waals surface area (Å²) >= 11 is 0. The second kappa shape index (κ2) is 5.61. The number of hydrogen-bond acceptors (Lipinski definition) is 2. The SMILES string of the molecule is C=C(C)C(=O)O.NC(N)=O. The summed E-state index contributed by atoms with van der Waals surface area (Å²) in [4.78, 5) is 18.6. The Morgan fingerprint density at radius 3 is 1.50 bits per heavy atom. The fourth-order valence-corrected chi connectivity index (χ4v) is 0. The predicted octanol–water partition coefficient (Wildman–Crippen LogP) is -0.329. The summed E-state index contributed by atoms with van der Waals surface area (Å²) in [6.45, 7) is 4.60. The predicted molar refractivity (Wildman–Crippen MR) is 36.2 cm³/mol. The molecule has 0 bridgehead atoms. The summed E-state index contributed by atoms with van der Waals surface area (Å²) in [7, 11) is 0. The Morgan fingerprint density at radius 2 is 1.50 bits per heavy atom. The smallest absolute Gasteiger partial charge is 0.330 e. The fourth-order valence-electron chi connectivity index (χ4n) is 0. The third-order valence-corrected chi connectivity index (χ3v) is 0.365. The number of urea groups is 1. The van der Waals surface area contributed by atoms with Gasteiger partial charge in [-0.2, -0.15) is 0 Å². The lowest BCUT2D eigenvalue weighted by Crippen LogP contribution is -2.18. The van der Waals surface area contributed by atoms with Gasteiger partial charge in [0.2, 0.25) is 0 Å². The summed E-state index contributed by atoms with van der Waals surface area (Å²) < 4.78 is 0. The molecule has 0 unspecified atom stereocenters. The highest BCUT2D eigenvalue weighted by Crippen LogP contribution is 1.81. The van der Waals surface area contributed by atoms with Gasteiger partial charge < -0.3 is 16.6 Å². The van der Waals surface area contributed by atoms with Crippen LogP contribution in [-0.4, -0.2) is 17.1 Å². The third kappa shape index (κ3) is 31.6. The normalized spacial score (nSPS) is 6.90. The number of nitrogens with two attached hydrogens (primary N) is 2. The van der Waals surface area contributed by atoms with Gasteiger partial charge in [-0.25, -0.2) is 9.59 Å². The summed E-state index contributed by atoms with van der Waals surface area (Å²) in [5.74, 6) is -0.935. The fraction of sp³-hybridized carbons (Fsp3) is 0.200. The number of carboxylic acid groups (broad SMARTS) is 1. The van der Waals surface area contributed by atoms with E-state index in [1.165, 1.54) is 6.92 Å². The first-order chi connectivity index (χ1) is 4.37. The van der Waals surface area contributed by atoms with Gasteiger partial charge in [0.25, 0.3) is 0 Å². The van der Waals surface area contributed by atoms with Crippen LogP contribution in [0.3, 0.4) is 0 Å². The highest BCUT2D eigenvalue weighted by molar-refractivity contribution is 5.84. The molecule has 10 heavy (non-hydrogen) atoms. The van der Waals surface area contributed by atoms with Crippen LogP contribution in [-0.2, 0) is 4.79 Å². The molecule has 0 fully saturated rings. The van der Waals surface area contributed by atoms with E-state index < -0.39 is 12.0 Å². The molecule has 5 nitrogen and oxygen atoms in total. The second-order valence-corrected chi connectivity index (χ2v) is 1.49. The first-order valence-electron chi connectivity index (χ1n) is 2.31. The van der Waals surface area contributed by atoms with Gasteiger partial charge in [-0.15, -0.1) is 0 Å². The van der Waals surface area contributed by atoms with E-state index in [0.717, 1.165) is 0 Å². The Labute approximate surface area is 58.3 Å². The van der Waals surface area contributed by atoms with Crippen molar-refractivity contribution in [3.8, 4) is 0 Å². The standard InChI is InChI=1S/C4H6O2.CH4N2O/c1-3(2)4(5)6;2-1(3)4/h1H2,2H3,(H,5,6);(H4,2,3,4). The number of primary amides is 2. The zero-order chi connectivity index (χ0) is 8.73. The Balaban J connectivity index is 0. The molecule has 0 aliphatic rings. The zero-order valence-corrected chi connectivity index (χ0v) is 5.63. The molecule has 0 rings (SSSR count). The van der Waals surface area contributed by atoms with Crippen LogP contribution in [0.1, 0.15) is 6.92 Å². The first kappa shape index (κ1) is 11.3. The van der Waals surface area contributed by atoms with Crippen LogP contribution in [0.5, 0.6) is 0 Å². The molecule has 2 amide bonds. The molecule has 0 saturated heterocycles. The monoisotopic (exact) mass is 146 g/mol. The molecule has 0 heterocycles. The minimum Gasteiger partial charge on any atom is -0.478 e. The molecular weight excluding hydrogens is 136 g/mol. The van der Waals surface area contributed by atoms with Crippen molar-refractivity contribution >= 4 is 12.0 Å². The molecule has 0 spiro atoms. The zero-order valence-electron chi connectivity index (χ0n) is 5.63. The molecule has 0 aromatic heterocycles. The molecule has 5 N–H and O–H groups in total. The van der Waals surface area contributed by atoms with Crippen LogP contribution < -0.4 is 11.5 Å². The van der Waals surface area contributed by atoms with E-state index in [-0.39, 0.29) is 5.57 Å². The Kier molecular flexibility index (Phi) is 6.34. The van der Waals surface area contributed by atoms with Crippen molar-refractivity contribution in [3.63, 3.8) is 0 Å². The van der Waals surface area contributed by atoms with Crippen LogP contribution in [0.4, 0.5) is 4.79 Å². The van der Waals surface area contributed by atoms with Gasteiger partial charge in [-0.05, 0) is 6.92 Å². The minimum atomic E-state index is -0.935. The summed E-state index contributed by atoms with van der Waals surface area (Å²) in [6, 6.07) is -0.833. The maximum atomic E-state index is 9.60. The van der Waals surface area contributed by atoms with Gasteiger partial charge in [0.1, 0.15) is 0 Å². The Bertz CT molecular complexity index is 137. The lowest BCUT2D eigenvalue weighted by molar-refractivity contribution is -0.132. The lowest BCUT2D eigenvalue weighted by Gasteiger charge is -1.79. The van der Waals surface area contributed by atoms with Gasteiger partial charge >= 0.3 is 12.0 Å². The average Bonchev–Trinajstić information content (AvgIpc) is 1.63. The topological polar surface area (TPSA) is 106 Å². The number of rotatable bonds is 1. The van der Waals surface area contributed by atoms with Crippen molar-refractivity contribution < 1.29 is 14.7 Å². The molecule has 5 heteroatoms. The van der Waals surface area contributed by atoms with Gasteiger partial charge in [-0.1, -0.05) is 6.58 Å². The van der Waals surface area contributed by atoms with E-state index >= 15 is 0 Å². The number of hydrogen-bond donors (Lipinski definition) is 3. The molecule has 0 aromatic rings. The van der Waals surface area contributed by atoms with Crippen molar-refractivity contribution in [2.45, 2.75) is 6.92 Å². The van der Waals surface area contributed by atoms with Crippen LogP contribution in [0.2, 0.25) is 0 Å². The van der Waals surface area contributed by atoms with Crippen molar-refractivity contribution in [1.82, 2.24) is 0 Å². The molecule has 0 aliphatic carbocycles. The maximum Gasteiger partial charge on any atom is 0.330 e. The van der Waals surface area contributed by atoms with Crippen molar-refractivity contribution in [2.24, 2.45) is 11.5 Å². The summed E-state index contributed by atoms with van der Waals surface area (Å²) in [5.41, 5.74) is 8.68. The quantitative estimate of drug-likeness (QED) is 0.441. The molecule has 0 saturated carbocycles. The van der Waals surface area contributed by atoms with Crippen LogP contribution in [0.25, 0.3) is 0 Å². The highest BCUT2D eigenvalue weighted by Gasteiger charge is 1.90. The average molecular weight is 146 g/mol. The van der Waals surface area contributed by atoms with Crippen LogP contribution in [0, 0.1) is 0 Å². The highest BCUT2D eigenvalue weighted by atomic mass is 16.4. The summed E-state index contributed by atoms with van der Waals surface area (Å²) in [5, 5.41) is 7.89. The van der Waals surface area contributed by atoms with Crippen LogP contribution >= 0.6 is 0 Å².